The van der Waals surface area contributed by atoms with E-state index in [1.165, 1.54) is 5.56 Å². The summed E-state index contributed by atoms with van der Waals surface area (Å²) >= 11 is 6.22. The molecule has 3 aromatic rings. The average molecular weight is 340 g/mol. The Labute approximate surface area is 148 Å². The first kappa shape index (κ1) is 16.8. The van der Waals surface area contributed by atoms with Crippen LogP contribution in [0.2, 0.25) is 5.02 Å². The molecular formula is C21H22ClNO. The lowest BCUT2D eigenvalue weighted by Crippen LogP contribution is -2.25. The Morgan fingerprint density at radius 3 is 2.50 bits per heavy atom. The van der Waals surface area contributed by atoms with E-state index in [1.54, 1.807) is 0 Å². The van der Waals surface area contributed by atoms with Crippen LogP contribution in [-0.4, -0.2) is 6.04 Å². The smallest absolute Gasteiger partial charge is 0.135 e. The van der Waals surface area contributed by atoms with Crippen molar-refractivity contribution in [1.82, 2.24) is 5.32 Å². The third-order valence-corrected chi connectivity index (χ3v) is 4.46. The van der Waals surface area contributed by atoms with Crippen LogP contribution in [0.1, 0.15) is 24.7 Å². The molecule has 0 fully saturated rings. The molecule has 124 valence electrons. The first-order valence-electron chi connectivity index (χ1n) is 8.33. The van der Waals surface area contributed by atoms with Crippen LogP contribution in [0.5, 0.6) is 0 Å². The van der Waals surface area contributed by atoms with Crippen LogP contribution in [-0.2, 0) is 13.0 Å². The minimum atomic E-state index is 0.430. The highest BCUT2D eigenvalue weighted by molar-refractivity contribution is 6.33. The molecule has 0 spiro atoms. The Morgan fingerprint density at radius 2 is 1.71 bits per heavy atom. The zero-order valence-corrected chi connectivity index (χ0v) is 14.6. The lowest BCUT2D eigenvalue weighted by atomic mass is 10.1. The maximum absolute atomic E-state index is 6.22. The Hall–Kier alpha value is -2.03. The lowest BCUT2D eigenvalue weighted by molar-refractivity contribution is 0.449. The van der Waals surface area contributed by atoms with Crippen molar-refractivity contribution < 1.29 is 4.42 Å². The van der Waals surface area contributed by atoms with Crippen LogP contribution in [0.25, 0.3) is 11.3 Å². The molecular weight excluding hydrogens is 318 g/mol. The molecule has 1 N–H and O–H groups in total. The fourth-order valence-corrected chi connectivity index (χ4v) is 2.91. The van der Waals surface area contributed by atoms with Gasteiger partial charge in [0.1, 0.15) is 11.5 Å². The molecule has 0 unspecified atom stereocenters. The average Bonchev–Trinajstić information content (AvgIpc) is 3.08. The van der Waals surface area contributed by atoms with E-state index in [1.807, 2.05) is 36.4 Å². The maximum atomic E-state index is 6.22. The van der Waals surface area contributed by atoms with Gasteiger partial charge in [-0.25, -0.2) is 0 Å². The summed E-state index contributed by atoms with van der Waals surface area (Å²) in [6, 6.07) is 22.7. The van der Waals surface area contributed by atoms with Gasteiger partial charge < -0.3 is 9.73 Å². The van der Waals surface area contributed by atoms with Crippen LogP contribution in [0, 0.1) is 0 Å². The van der Waals surface area contributed by atoms with Gasteiger partial charge >= 0.3 is 0 Å². The van der Waals surface area contributed by atoms with Crippen molar-refractivity contribution in [3.63, 3.8) is 0 Å². The van der Waals surface area contributed by atoms with Gasteiger partial charge in [-0.05, 0) is 49.6 Å². The van der Waals surface area contributed by atoms with E-state index in [4.69, 9.17) is 16.0 Å². The molecule has 1 atom stereocenters. The van der Waals surface area contributed by atoms with Gasteiger partial charge in [0, 0.05) is 11.6 Å². The van der Waals surface area contributed by atoms with Crippen LogP contribution >= 0.6 is 11.6 Å². The third-order valence-electron chi connectivity index (χ3n) is 4.13. The van der Waals surface area contributed by atoms with Gasteiger partial charge in [0.2, 0.25) is 0 Å². The highest BCUT2D eigenvalue weighted by Gasteiger charge is 2.09. The summed E-state index contributed by atoms with van der Waals surface area (Å²) in [5, 5.41) is 4.23. The largest absolute Gasteiger partial charge is 0.460 e. The van der Waals surface area contributed by atoms with E-state index in [2.05, 4.69) is 42.6 Å². The van der Waals surface area contributed by atoms with Crippen LogP contribution in [0.3, 0.4) is 0 Å². The van der Waals surface area contributed by atoms with Crippen molar-refractivity contribution in [3.05, 3.63) is 83.1 Å². The van der Waals surface area contributed by atoms with E-state index < -0.39 is 0 Å². The second-order valence-corrected chi connectivity index (χ2v) is 6.46. The van der Waals surface area contributed by atoms with Crippen molar-refractivity contribution in [2.75, 3.05) is 0 Å². The summed E-state index contributed by atoms with van der Waals surface area (Å²) < 4.78 is 5.92. The zero-order valence-electron chi connectivity index (χ0n) is 13.8. The van der Waals surface area contributed by atoms with Crippen molar-refractivity contribution in [2.24, 2.45) is 0 Å². The van der Waals surface area contributed by atoms with Gasteiger partial charge in [-0.15, -0.1) is 0 Å². The molecule has 2 nitrogen and oxygen atoms in total. The Bertz CT molecular complexity index is 766. The number of nitrogens with one attached hydrogen (secondary N) is 1. The molecule has 3 heteroatoms. The SMILES string of the molecule is C[C@@H](CCc1ccccc1)NCc1ccc(-c2ccccc2Cl)o1. The molecule has 0 radical (unpaired) electrons. The molecule has 1 aromatic heterocycles. The summed E-state index contributed by atoms with van der Waals surface area (Å²) in [5.41, 5.74) is 2.31. The van der Waals surface area contributed by atoms with Crippen molar-refractivity contribution in [3.8, 4) is 11.3 Å². The Morgan fingerprint density at radius 1 is 0.958 bits per heavy atom. The zero-order chi connectivity index (χ0) is 16.8. The Kier molecular flexibility index (Phi) is 5.73. The minimum absolute atomic E-state index is 0.430. The van der Waals surface area contributed by atoms with Gasteiger partial charge in [-0.1, -0.05) is 54.1 Å². The first-order valence-corrected chi connectivity index (χ1v) is 8.71. The third kappa shape index (κ3) is 4.50. The van der Waals surface area contributed by atoms with Gasteiger partial charge in [-0.3, -0.25) is 0 Å². The van der Waals surface area contributed by atoms with Crippen LogP contribution < -0.4 is 5.32 Å². The van der Waals surface area contributed by atoms with Gasteiger partial charge in [0.05, 0.1) is 11.6 Å². The number of hydrogen-bond donors (Lipinski definition) is 1. The first-order chi connectivity index (χ1) is 11.7. The number of halogens is 1. The highest BCUT2D eigenvalue weighted by atomic mass is 35.5. The summed E-state index contributed by atoms with van der Waals surface area (Å²) in [4.78, 5) is 0. The molecule has 0 aliphatic rings. The van der Waals surface area contributed by atoms with Gasteiger partial charge in [-0.2, -0.15) is 0 Å². The summed E-state index contributed by atoms with van der Waals surface area (Å²) in [6.45, 7) is 2.93. The predicted molar refractivity (Wildman–Crippen MR) is 100 cm³/mol. The second kappa shape index (κ2) is 8.18. The normalized spacial score (nSPS) is 12.2. The Balaban J connectivity index is 1.51. The molecule has 0 aliphatic heterocycles. The summed E-state index contributed by atoms with van der Waals surface area (Å²) in [5.74, 6) is 1.74. The van der Waals surface area contributed by atoms with Crippen LogP contribution in [0.15, 0.2) is 71.1 Å². The van der Waals surface area contributed by atoms with E-state index in [0.29, 0.717) is 11.1 Å². The molecule has 0 bridgehead atoms. The molecule has 0 saturated heterocycles. The molecule has 3 rings (SSSR count). The lowest BCUT2D eigenvalue weighted by Gasteiger charge is -2.12. The van der Waals surface area contributed by atoms with E-state index in [0.717, 1.165) is 36.5 Å². The summed E-state index contributed by atoms with van der Waals surface area (Å²) in [7, 11) is 0. The number of benzene rings is 2. The monoisotopic (exact) mass is 339 g/mol. The number of furan rings is 1. The molecule has 24 heavy (non-hydrogen) atoms. The van der Waals surface area contributed by atoms with Crippen LogP contribution in [0.4, 0.5) is 0 Å². The van der Waals surface area contributed by atoms with Gasteiger partial charge in [0.25, 0.3) is 0 Å². The van der Waals surface area contributed by atoms with Crippen molar-refractivity contribution in [1.29, 1.82) is 0 Å². The van der Waals surface area contributed by atoms with Gasteiger partial charge in [0.15, 0.2) is 0 Å². The van der Waals surface area contributed by atoms with Crippen molar-refractivity contribution in [2.45, 2.75) is 32.4 Å². The quantitative estimate of drug-likeness (QED) is 0.596. The molecule has 0 amide bonds. The standard InChI is InChI=1S/C21H22ClNO/c1-16(11-12-17-7-3-2-4-8-17)23-15-18-13-14-21(24-18)19-9-5-6-10-20(19)22/h2-10,13-14,16,23H,11-12,15H2,1H3/t16-/m0/s1. The molecule has 0 aliphatic carbocycles. The predicted octanol–water partition coefficient (Wildman–Crippen LogP) is 5.71. The van der Waals surface area contributed by atoms with E-state index >= 15 is 0 Å². The fraction of sp³-hybridized carbons (Fsp3) is 0.238. The maximum Gasteiger partial charge on any atom is 0.135 e. The number of aryl methyl sites for hydroxylation is 1. The summed E-state index contributed by atoms with van der Waals surface area (Å²) in [6.07, 6.45) is 2.18. The number of rotatable bonds is 7. The van der Waals surface area contributed by atoms with E-state index in [9.17, 15) is 0 Å². The highest BCUT2D eigenvalue weighted by Crippen LogP contribution is 2.29. The minimum Gasteiger partial charge on any atom is -0.460 e. The molecule has 1 heterocycles. The number of hydrogen-bond acceptors (Lipinski definition) is 2. The topological polar surface area (TPSA) is 25.2 Å². The molecule has 2 aromatic carbocycles. The van der Waals surface area contributed by atoms with Crippen molar-refractivity contribution >= 4 is 11.6 Å². The second-order valence-electron chi connectivity index (χ2n) is 6.05. The fourth-order valence-electron chi connectivity index (χ4n) is 2.68. The van der Waals surface area contributed by atoms with E-state index in [-0.39, 0.29) is 0 Å². The molecule has 0 saturated carbocycles.